The quantitative estimate of drug-likeness (QED) is 0.159. The van der Waals surface area contributed by atoms with E-state index in [4.69, 9.17) is 0 Å². The van der Waals surface area contributed by atoms with Crippen molar-refractivity contribution in [2.24, 2.45) is 5.92 Å². The second kappa shape index (κ2) is 11.0. The van der Waals surface area contributed by atoms with Gasteiger partial charge in [-0.3, -0.25) is 0 Å². The average molecular weight is 603 g/mol. The fourth-order valence-electron chi connectivity index (χ4n) is 8.68. The van der Waals surface area contributed by atoms with Crippen molar-refractivity contribution >= 4 is 32.3 Å². The van der Waals surface area contributed by atoms with Crippen LogP contribution in [0.25, 0.3) is 54.6 Å². The molecule has 0 nitrogen and oxygen atoms in total. The first-order chi connectivity index (χ1) is 23.1. The molecule has 1 aliphatic carbocycles. The van der Waals surface area contributed by atoms with Crippen molar-refractivity contribution in [2.45, 2.75) is 38.5 Å². The molecule has 0 saturated carbocycles. The lowest BCUT2D eigenvalue weighted by molar-refractivity contribution is 0.520. The third-order valence-electron chi connectivity index (χ3n) is 10.6. The van der Waals surface area contributed by atoms with Gasteiger partial charge in [-0.25, -0.2) is 0 Å². The van der Waals surface area contributed by atoms with Crippen molar-refractivity contribution in [3.63, 3.8) is 0 Å². The van der Waals surface area contributed by atoms with Crippen LogP contribution in [0, 0.1) is 5.92 Å². The van der Waals surface area contributed by atoms with E-state index in [1.54, 1.807) is 0 Å². The molecule has 0 heterocycles. The van der Waals surface area contributed by atoms with Crippen LogP contribution in [0.15, 0.2) is 152 Å². The topological polar surface area (TPSA) is 0 Å². The van der Waals surface area contributed by atoms with Crippen LogP contribution in [0.4, 0.5) is 0 Å². The Morgan fingerprint density at radius 2 is 1.02 bits per heavy atom. The van der Waals surface area contributed by atoms with Crippen molar-refractivity contribution in [2.75, 3.05) is 0 Å². The van der Waals surface area contributed by atoms with E-state index in [1.807, 2.05) is 0 Å². The standard InChI is InChI=1S/C47H38/c1-31(2)25-34-26-37-18-17-35-19-22-39(42-24-21-38(27-34)45(37)46(35)42)36-20-23-41-40-15-9-10-16-43(40)47(44(41)28-36,29-32-11-5-3-6-12-32)30-33-13-7-4-8-14-33/h3-24,26-28,31H,25,29-30H2,1-2H3. The van der Waals surface area contributed by atoms with Crippen molar-refractivity contribution in [3.8, 4) is 22.3 Å². The molecule has 226 valence electrons. The van der Waals surface area contributed by atoms with Gasteiger partial charge in [-0.1, -0.05) is 159 Å². The Labute approximate surface area is 277 Å². The fourth-order valence-corrected chi connectivity index (χ4v) is 8.68. The second-order valence-electron chi connectivity index (χ2n) is 14.1. The Morgan fingerprint density at radius 3 is 1.72 bits per heavy atom. The highest BCUT2D eigenvalue weighted by molar-refractivity contribution is 6.25. The number of hydrogen-bond donors (Lipinski definition) is 0. The van der Waals surface area contributed by atoms with Crippen LogP contribution in [0.3, 0.4) is 0 Å². The highest BCUT2D eigenvalue weighted by Crippen LogP contribution is 2.53. The molecule has 8 aromatic carbocycles. The van der Waals surface area contributed by atoms with Crippen LogP contribution in [0.1, 0.15) is 41.7 Å². The van der Waals surface area contributed by atoms with E-state index < -0.39 is 0 Å². The van der Waals surface area contributed by atoms with Gasteiger partial charge in [0, 0.05) is 5.41 Å². The van der Waals surface area contributed by atoms with Gasteiger partial charge in [-0.2, -0.15) is 0 Å². The van der Waals surface area contributed by atoms with Crippen molar-refractivity contribution in [1.29, 1.82) is 0 Å². The van der Waals surface area contributed by atoms with Gasteiger partial charge in [0.25, 0.3) is 0 Å². The number of rotatable bonds is 7. The third kappa shape index (κ3) is 4.58. The lowest BCUT2D eigenvalue weighted by Gasteiger charge is -2.33. The van der Waals surface area contributed by atoms with E-state index in [0.717, 1.165) is 19.3 Å². The first kappa shape index (κ1) is 28.1. The lowest BCUT2D eigenvalue weighted by Crippen LogP contribution is -2.31. The summed E-state index contributed by atoms with van der Waals surface area (Å²) in [7, 11) is 0. The maximum Gasteiger partial charge on any atom is 0.0295 e. The van der Waals surface area contributed by atoms with E-state index >= 15 is 0 Å². The van der Waals surface area contributed by atoms with Crippen molar-refractivity contribution < 1.29 is 0 Å². The average Bonchev–Trinajstić information content (AvgIpc) is 3.36. The summed E-state index contributed by atoms with van der Waals surface area (Å²) in [4.78, 5) is 0. The summed E-state index contributed by atoms with van der Waals surface area (Å²) in [6.45, 7) is 4.61. The van der Waals surface area contributed by atoms with Gasteiger partial charge in [0.2, 0.25) is 0 Å². The van der Waals surface area contributed by atoms with Gasteiger partial charge >= 0.3 is 0 Å². The zero-order valence-corrected chi connectivity index (χ0v) is 27.1. The summed E-state index contributed by atoms with van der Waals surface area (Å²) in [6, 6.07) is 57.5. The van der Waals surface area contributed by atoms with Gasteiger partial charge in [0.15, 0.2) is 0 Å². The highest BCUT2D eigenvalue weighted by atomic mass is 14.5. The minimum Gasteiger partial charge on any atom is -0.0625 e. The van der Waals surface area contributed by atoms with E-state index in [1.165, 1.54) is 82.4 Å². The molecule has 47 heavy (non-hydrogen) atoms. The van der Waals surface area contributed by atoms with Crippen LogP contribution in [-0.4, -0.2) is 0 Å². The Balaban J connectivity index is 1.27. The highest BCUT2D eigenvalue weighted by Gasteiger charge is 2.43. The van der Waals surface area contributed by atoms with Crippen LogP contribution in [0.5, 0.6) is 0 Å². The summed E-state index contributed by atoms with van der Waals surface area (Å²) in [6.07, 6.45) is 3.01. The van der Waals surface area contributed by atoms with Crippen LogP contribution in [0.2, 0.25) is 0 Å². The monoisotopic (exact) mass is 602 g/mol. The second-order valence-corrected chi connectivity index (χ2v) is 14.1. The van der Waals surface area contributed by atoms with Crippen LogP contribution >= 0.6 is 0 Å². The van der Waals surface area contributed by atoms with Gasteiger partial charge in [-0.15, -0.1) is 0 Å². The zero-order valence-electron chi connectivity index (χ0n) is 27.1. The normalized spacial score (nSPS) is 13.5. The molecule has 0 aliphatic heterocycles. The molecule has 8 aromatic rings. The van der Waals surface area contributed by atoms with Gasteiger partial charge in [0.05, 0.1) is 0 Å². The maximum atomic E-state index is 2.54. The Morgan fingerprint density at radius 1 is 0.447 bits per heavy atom. The maximum absolute atomic E-state index is 2.54. The number of hydrogen-bond acceptors (Lipinski definition) is 0. The summed E-state index contributed by atoms with van der Waals surface area (Å²) in [5.41, 5.74) is 12.2. The predicted octanol–water partition coefficient (Wildman–Crippen LogP) is 12.2. The molecule has 0 heteroatoms. The molecular weight excluding hydrogens is 565 g/mol. The van der Waals surface area contributed by atoms with Crippen LogP contribution in [-0.2, 0) is 24.7 Å². The number of benzene rings is 8. The molecule has 0 unspecified atom stereocenters. The Kier molecular flexibility index (Phi) is 6.54. The van der Waals surface area contributed by atoms with Crippen molar-refractivity contribution in [1.82, 2.24) is 0 Å². The molecule has 1 aliphatic rings. The zero-order chi connectivity index (χ0) is 31.5. The molecule has 0 saturated heterocycles. The lowest BCUT2D eigenvalue weighted by atomic mass is 9.69. The summed E-state index contributed by atoms with van der Waals surface area (Å²) >= 11 is 0. The molecule has 0 fully saturated rings. The summed E-state index contributed by atoms with van der Waals surface area (Å²) in [5, 5.41) is 8.13. The number of fused-ring (bicyclic) bond motifs is 3. The molecule has 0 N–H and O–H groups in total. The summed E-state index contributed by atoms with van der Waals surface area (Å²) < 4.78 is 0. The van der Waals surface area contributed by atoms with Crippen molar-refractivity contribution in [3.05, 3.63) is 179 Å². The molecule has 0 radical (unpaired) electrons. The largest absolute Gasteiger partial charge is 0.0625 e. The predicted molar refractivity (Wildman–Crippen MR) is 201 cm³/mol. The Bertz CT molecular complexity index is 2330. The van der Waals surface area contributed by atoms with Gasteiger partial charge in [-0.05, 0) is 114 Å². The SMILES string of the molecule is CC(C)Cc1cc2ccc3ccc(-c4ccc5c(c4)C(Cc4ccccc4)(Cc4ccccc4)c4ccccc4-5)c4ccc(c1)c2c34. The molecule has 0 spiro atoms. The first-order valence-corrected chi connectivity index (χ1v) is 17.1. The molecule has 0 amide bonds. The van der Waals surface area contributed by atoms with Gasteiger partial charge in [0.1, 0.15) is 0 Å². The molecule has 9 rings (SSSR count). The minimum atomic E-state index is -0.179. The first-order valence-electron chi connectivity index (χ1n) is 17.1. The third-order valence-corrected chi connectivity index (χ3v) is 10.6. The van der Waals surface area contributed by atoms with E-state index in [2.05, 4.69) is 166 Å². The van der Waals surface area contributed by atoms with E-state index in [0.29, 0.717) is 5.92 Å². The minimum absolute atomic E-state index is 0.179. The smallest absolute Gasteiger partial charge is 0.0295 e. The van der Waals surface area contributed by atoms with Crippen LogP contribution < -0.4 is 0 Å². The Hall–Kier alpha value is -5.20. The van der Waals surface area contributed by atoms with E-state index in [9.17, 15) is 0 Å². The summed E-state index contributed by atoms with van der Waals surface area (Å²) in [5.74, 6) is 0.636. The molecule has 0 bridgehead atoms. The van der Waals surface area contributed by atoms with E-state index in [-0.39, 0.29) is 5.41 Å². The fraction of sp³-hybridized carbons (Fsp3) is 0.149. The van der Waals surface area contributed by atoms with Gasteiger partial charge < -0.3 is 0 Å². The molecule has 0 atom stereocenters. The molecule has 0 aromatic heterocycles. The molecular formula is C47H38.